The molecule has 8 nitrogen and oxygen atoms in total. The molecule has 35 heavy (non-hydrogen) atoms. The quantitative estimate of drug-likeness (QED) is 0.358. The Morgan fingerprint density at radius 2 is 2.03 bits per heavy atom. The first-order valence-electron chi connectivity index (χ1n) is 11.9. The van der Waals surface area contributed by atoms with Gasteiger partial charge in [0, 0.05) is 24.3 Å². The van der Waals surface area contributed by atoms with Crippen LogP contribution in [0.15, 0.2) is 36.8 Å². The van der Waals surface area contributed by atoms with E-state index in [1.807, 2.05) is 32.0 Å². The molecule has 1 aliphatic rings. The van der Waals surface area contributed by atoms with E-state index in [9.17, 15) is 9.59 Å². The van der Waals surface area contributed by atoms with Gasteiger partial charge < -0.3 is 16.0 Å². The molecular formula is C25H31ClN6O2S. The number of pyridine rings is 1. The van der Waals surface area contributed by atoms with Gasteiger partial charge in [-0.15, -0.1) is 11.3 Å². The molecule has 10 heteroatoms. The van der Waals surface area contributed by atoms with E-state index in [0.717, 1.165) is 29.1 Å². The predicted octanol–water partition coefficient (Wildman–Crippen LogP) is 5.33. The SMILES string of the molecule is Cc1ncc(Cl)cc1N[C@@H](C)c1ccc(C(=O)N[C@@H](CC2CCCC2)C(=O)Nc2cnn(C)c2)s1. The number of thiophene rings is 1. The summed E-state index contributed by atoms with van der Waals surface area (Å²) in [6, 6.07) is 4.95. The van der Waals surface area contributed by atoms with Crippen LogP contribution in [-0.4, -0.2) is 32.6 Å². The number of hydrogen-bond acceptors (Lipinski definition) is 6. The number of aryl methyl sites for hydroxylation is 2. The molecule has 1 saturated carbocycles. The zero-order chi connectivity index (χ0) is 24.9. The van der Waals surface area contributed by atoms with Crippen LogP contribution in [0.1, 0.15) is 65.3 Å². The lowest BCUT2D eigenvalue weighted by Gasteiger charge is -2.21. The van der Waals surface area contributed by atoms with Crippen molar-refractivity contribution in [2.75, 3.05) is 10.6 Å². The second kappa shape index (κ2) is 11.2. The monoisotopic (exact) mass is 514 g/mol. The van der Waals surface area contributed by atoms with Crippen LogP contribution < -0.4 is 16.0 Å². The third-order valence-electron chi connectivity index (χ3n) is 6.34. The van der Waals surface area contributed by atoms with E-state index >= 15 is 0 Å². The normalized spacial score (nSPS) is 15.5. The maximum absolute atomic E-state index is 13.1. The average Bonchev–Trinajstić information content (AvgIpc) is 3.58. The molecule has 2 atom stereocenters. The Balaban J connectivity index is 1.43. The molecule has 0 unspecified atom stereocenters. The van der Waals surface area contributed by atoms with Gasteiger partial charge >= 0.3 is 0 Å². The van der Waals surface area contributed by atoms with Crippen molar-refractivity contribution in [2.24, 2.45) is 13.0 Å². The van der Waals surface area contributed by atoms with Crippen LogP contribution in [0.5, 0.6) is 0 Å². The van der Waals surface area contributed by atoms with E-state index in [1.165, 1.54) is 24.2 Å². The molecule has 3 heterocycles. The van der Waals surface area contributed by atoms with Crippen LogP contribution in [0.25, 0.3) is 0 Å². The molecule has 1 aliphatic carbocycles. The van der Waals surface area contributed by atoms with Crippen molar-refractivity contribution in [3.8, 4) is 0 Å². The van der Waals surface area contributed by atoms with E-state index in [1.54, 1.807) is 30.3 Å². The molecule has 2 amide bonds. The second-order valence-electron chi connectivity index (χ2n) is 9.16. The van der Waals surface area contributed by atoms with Crippen molar-refractivity contribution in [2.45, 2.75) is 58.0 Å². The maximum atomic E-state index is 13.1. The highest BCUT2D eigenvalue weighted by molar-refractivity contribution is 7.14. The Kier molecular flexibility index (Phi) is 8.07. The maximum Gasteiger partial charge on any atom is 0.262 e. The minimum absolute atomic E-state index is 0.0383. The number of anilines is 2. The molecule has 0 aliphatic heterocycles. The van der Waals surface area contributed by atoms with E-state index in [-0.39, 0.29) is 17.9 Å². The minimum atomic E-state index is -0.605. The molecule has 0 bridgehead atoms. The summed E-state index contributed by atoms with van der Waals surface area (Å²) in [4.78, 5) is 32.1. The molecule has 0 saturated heterocycles. The summed E-state index contributed by atoms with van der Waals surface area (Å²) in [5.74, 6) is -0.00926. The lowest BCUT2D eigenvalue weighted by molar-refractivity contribution is -0.118. The number of amides is 2. The third kappa shape index (κ3) is 6.61. The molecule has 3 aromatic rings. The summed E-state index contributed by atoms with van der Waals surface area (Å²) >= 11 is 7.50. The third-order valence-corrected chi connectivity index (χ3v) is 7.81. The lowest BCUT2D eigenvalue weighted by atomic mass is 9.97. The fraction of sp³-hybridized carbons (Fsp3) is 0.440. The van der Waals surface area contributed by atoms with Gasteiger partial charge in [-0.1, -0.05) is 37.3 Å². The van der Waals surface area contributed by atoms with Crippen molar-refractivity contribution < 1.29 is 9.59 Å². The predicted molar refractivity (Wildman–Crippen MR) is 140 cm³/mol. The van der Waals surface area contributed by atoms with Gasteiger partial charge in [-0.05, 0) is 44.4 Å². The van der Waals surface area contributed by atoms with Crippen molar-refractivity contribution in [1.29, 1.82) is 0 Å². The molecule has 0 radical (unpaired) electrons. The Hall–Kier alpha value is -2.91. The van der Waals surface area contributed by atoms with Gasteiger partial charge in [0.2, 0.25) is 5.91 Å². The largest absolute Gasteiger partial charge is 0.376 e. The highest BCUT2D eigenvalue weighted by atomic mass is 35.5. The molecular weight excluding hydrogens is 484 g/mol. The van der Waals surface area contributed by atoms with Crippen LogP contribution >= 0.6 is 22.9 Å². The van der Waals surface area contributed by atoms with E-state index in [0.29, 0.717) is 27.9 Å². The van der Waals surface area contributed by atoms with Crippen LogP contribution in [0.4, 0.5) is 11.4 Å². The van der Waals surface area contributed by atoms with Crippen LogP contribution in [0, 0.1) is 12.8 Å². The lowest BCUT2D eigenvalue weighted by Crippen LogP contribution is -2.44. The Morgan fingerprint density at radius 3 is 2.74 bits per heavy atom. The number of carbonyl (C=O) groups is 2. The number of hydrogen-bond donors (Lipinski definition) is 3. The smallest absolute Gasteiger partial charge is 0.262 e. The van der Waals surface area contributed by atoms with Crippen molar-refractivity contribution in [3.05, 3.63) is 57.3 Å². The summed E-state index contributed by atoms with van der Waals surface area (Å²) in [7, 11) is 1.79. The minimum Gasteiger partial charge on any atom is -0.376 e. The average molecular weight is 515 g/mol. The molecule has 3 aromatic heterocycles. The van der Waals surface area contributed by atoms with E-state index < -0.39 is 6.04 Å². The van der Waals surface area contributed by atoms with E-state index in [2.05, 4.69) is 26.0 Å². The number of nitrogens with one attached hydrogen (secondary N) is 3. The zero-order valence-electron chi connectivity index (χ0n) is 20.2. The number of rotatable bonds is 9. The molecule has 186 valence electrons. The Labute approximate surface area is 214 Å². The topological polar surface area (TPSA) is 101 Å². The highest BCUT2D eigenvalue weighted by Gasteiger charge is 2.28. The molecule has 0 spiro atoms. The fourth-order valence-corrected chi connectivity index (χ4v) is 5.49. The molecule has 0 aromatic carbocycles. The van der Waals surface area contributed by atoms with Gasteiger partial charge in [-0.3, -0.25) is 19.3 Å². The Bertz CT molecular complexity index is 1190. The summed E-state index contributed by atoms with van der Waals surface area (Å²) in [5, 5.41) is 14.0. The van der Waals surface area contributed by atoms with Gasteiger partial charge in [-0.25, -0.2) is 0 Å². The number of nitrogens with zero attached hydrogens (tertiary/aromatic N) is 3. The van der Waals surface area contributed by atoms with Crippen LogP contribution in [-0.2, 0) is 11.8 Å². The van der Waals surface area contributed by atoms with Gasteiger partial charge in [0.25, 0.3) is 5.91 Å². The standard InChI is InChI=1S/C25H31ClN6O2S/c1-15-20(11-18(26)12-27-15)29-16(2)22-8-9-23(35-22)25(34)31-21(10-17-6-4-5-7-17)24(33)30-19-13-28-32(3)14-19/h8-9,11-14,16-17,21,29H,4-7,10H2,1-3H3,(H,30,33)(H,31,34)/t16-,21-/m0/s1. The molecule has 3 N–H and O–H groups in total. The summed E-state index contributed by atoms with van der Waals surface area (Å²) in [6.45, 7) is 3.94. The second-order valence-corrected chi connectivity index (χ2v) is 10.7. The molecule has 4 rings (SSSR count). The first-order valence-corrected chi connectivity index (χ1v) is 13.1. The van der Waals surface area contributed by atoms with Gasteiger partial charge in [0.15, 0.2) is 0 Å². The van der Waals surface area contributed by atoms with Crippen LogP contribution in [0.3, 0.4) is 0 Å². The fourth-order valence-electron chi connectivity index (χ4n) is 4.42. The van der Waals surface area contributed by atoms with Crippen molar-refractivity contribution in [3.63, 3.8) is 0 Å². The van der Waals surface area contributed by atoms with Crippen LogP contribution in [0.2, 0.25) is 5.02 Å². The van der Waals surface area contributed by atoms with Gasteiger partial charge in [-0.2, -0.15) is 5.10 Å². The number of aromatic nitrogens is 3. The van der Waals surface area contributed by atoms with Crippen molar-refractivity contribution in [1.82, 2.24) is 20.1 Å². The summed E-state index contributed by atoms with van der Waals surface area (Å²) in [6.07, 6.45) is 10.1. The first kappa shape index (κ1) is 25.2. The highest BCUT2D eigenvalue weighted by Crippen LogP contribution is 2.30. The zero-order valence-corrected chi connectivity index (χ0v) is 21.7. The number of halogens is 1. The first-order chi connectivity index (χ1) is 16.8. The van der Waals surface area contributed by atoms with Gasteiger partial charge in [0.05, 0.1) is 39.2 Å². The summed E-state index contributed by atoms with van der Waals surface area (Å²) < 4.78 is 1.63. The van der Waals surface area contributed by atoms with Crippen molar-refractivity contribution >= 4 is 46.1 Å². The van der Waals surface area contributed by atoms with Gasteiger partial charge in [0.1, 0.15) is 6.04 Å². The van der Waals surface area contributed by atoms with E-state index in [4.69, 9.17) is 11.6 Å². The Morgan fingerprint density at radius 1 is 1.26 bits per heavy atom. The number of carbonyl (C=O) groups excluding carboxylic acids is 2. The molecule has 1 fully saturated rings. The summed E-state index contributed by atoms with van der Waals surface area (Å²) in [5.41, 5.74) is 2.32.